The molecule has 3 amide bonds. The smallest absolute Gasteiger partial charge is 0.326 e. The van der Waals surface area contributed by atoms with Crippen LogP contribution in [0.1, 0.15) is 31.0 Å². The van der Waals surface area contributed by atoms with Crippen LogP contribution in [0.5, 0.6) is 0 Å². The number of hydrogen-bond acceptors (Lipinski definition) is 7. The highest BCUT2D eigenvalue weighted by Gasteiger charge is 2.30. The molecule has 2 rings (SSSR count). The molecular weight excluding hydrogens is 472 g/mol. The van der Waals surface area contributed by atoms with Gasteiger partial charge in [0.1, 0.15) is 18.1 Å². The molecule has 1 aromatic heterocycles. The van der Waals surface area contributed by atoms with Crippen LogP contribution in [0.3, 0.4) is 0 Å². The van der Waals surface area contributed by atoms with E-state index in [9.17, 15) is 29.1 Å². The van der Waals surface area contributed by atoms with Crippen molar-refractivity contribution in [2.24, 2.45) is 5.73 Å². The quantitative estimate of drug-likeness (QED) is 0.167. The standard InChI is InChI=1S/C23H30N6O7/c1-13(24)20(32)28-17(10-15-11-25-12-26-15)22(34)27-16(7-8-19(30)31)21(33)29-18(23(35)36)9-14-5-3-2-4-6-14/h2-6,11-13,16-18H,7-10,24H2,1H3,(H,25,26)(H,27,34)(H,28,32)(H,29,33)(H,30,31)(H,35,36). The van der Waals surface area contributed by atoms with Crippen molar-refractivity contribution in [3.63, 3.8) is 0 Å². The fraction of sp³-hybridized carbons (Fsp3) is 0.391. The second kappa shape index (κ2) is 13.6. The summed E-state index contributed by atoms with van der Waals surface area (Å²) < 4.78 is 0. The maximum atomic E-state index is 13.1. The molecular formula is C23H30N6O7. The number of carboxylic acids is 2. The number of nitrogens with zero attached hydrogens (tertiary/aromatic N) is 1. The third-order valence-corrected chi connectivity index (χ3v) is 5.20. The van der Waals surface area contributed by atoms with Gasteiger partial charge in [0.2, 0.25) is 17.7 Å². The maximum absolute atomic E-state index is 13.1. The SMILES string of the molecule is CC(N)C(=O)NC(Cc1cnc[nH]1)C(=O)NC(CCC(=O)O)C(=O)NC(Cc1ccccc1)C(=O)O. The normalized spacial score (nSPS) is 14.1. The van der Waals surface area contributed by atoms with Crippen LogP contribution in [-0.4, -0.2) is 74.0 Å². The van der Waals surface area contributed by atoms with E-state index < -0.39 is 60.2 Å². The molecule has 0 radical (unpaired) electrons. The lowest BCUT2D eigenvalue weighted by atomic mass is 10.0. The summed E-state index contributed by atoms with van der Waals surface area (Å²) in [7, 11) is 0. The Labute approximate surface area is 206 Å². The zero-order valence-electron chi connectivity index (χ0n) is 19.6. The number of nitrogens with one attached hydrogen (secondary N) is 4. The van der Waals surface area contributed by atoms with Gasteiger partial charge in [0.15, 0.2) is 0 Å². The molecule has 4 atom stereocenters. The summed E-state index contributed by atoms with van der Waals surface area (Å²) in [6.45, 7) is 1.43. The number of imidazole rings is 1. The van der Waals surface area contributed by atoms with E-state index in [0.29, 0.717) is 11.3 Å². The second-order valence-corrected chi connectivity index (χ2v) is 8.21. The minimum Gasteiger partial charge on any atom is -0.481 e. The molecule has 0 aliphatic carbocycles. The fourth-order valence-electron chi connectivity index (χ4n) is 3.26. The molecule has 2 aromatic rings. The first-order chi connectivity index (χ1) is 17.1. The number of benzene rings is 1. The van der Waals surface area contributed by atoms with Crippen LogP contribution in [0, 0.1) is 0 Å². The van der Waals surface area contributed by atoms with Crippen molar-refractivity contribution in [3.05, 3.63) is 54.1 Å². The zero-order valence-corrected chi connectivity index (χ0v) is 19.6. The van der Waals surface area contributed by atoms with E-state index in [-0.39, 0.29) is 19.3 Å². The van der Waals surface area contributed by atoms with Gasteiger partial charge in [-0.1, -0.05) is 30.3 Å². The molecule has 36 heavy (non-hydrogen) atoms. The van der Waals surface area contributed by atoms with Crippen molar-refractivity contribution in [1.29, 1.82) is 0 Å². The molecule has 0 spiro atoms. The molecule has 8 N–H and O–H groups in total. The number of H-pyrrole nitrogens is 1. The fourth-order valence-corrected chi connectivity index (χ4v) is 3.26. The van der Waals surface area contributed by atoms with Crippen molar-refractivity contribution in [1.82, 2.24) is 25.9 Å². The Kier molecular flexibility index (Phi) is 10.6. The van der Waals surface area contributed by atoms with E-state index in [1.165, 1.54) is 19.4 Å². The van der Waals surface area contributed by atoms with Gasteiger partial charge >= 0.3 is 11.9 Å². The summed E-state index contributed by atoms with van der Waals surface area (Å²) in [5.41, 5.74) is 6.76. The molecule has 4 unspecified atom stereocenters. The van der Waals surface area contributed by atoms with Crippen LogP contribution in [-0.2, 0) is 36.8 Å². The number of nitrogens with two attached hydrogens (primary N) is 1. The number of carbonyl (C=O) groups excluding carboxylic acids is 3. The predicted molar refractivity (Wildman–Crippen MR) is 126 cm³/mol. The first-order valence-electron chi connectivity index (χ1n) is 11.2. The molecule has 1 aromatic carbocycles. The number of aromatic amines is 1. The molecule has 0 aliphatic heterocycles. The third-order valence-electron chi connectivity index (χ3n) is 5.20. The molecule has 13 heteroatoms. The topological polar surface area (TPSA) is 217 Å². The largest absolute Gasteiger partial charge is 0.481 e. The molecule has 0 bridgehead atoms. The first kappa shape index (κ1) is 28.0. The van der Waals surface area contributed by atoms with Gasteiger partial charge in [0.05, 0.1) is 12.4 Å². The lowest BCUT2D eigenvalue weighted by Gasteiger charge is -2.24. The lowest BCUT2D eigenvalue weighted by Crippen LogP contribution is -2.57. The van der Waals surface area contributed by atoms with E-state index in [1.54, 1.807) is 30.3 Å². The van der Waals surface area contributed by atoms with Crippen LogP contribution in [0.4, 0.5) is 0 Å². The van der Waals surface area contributed by atoms with Gasteiger partial charge in [-0.25, -0.2) is 9.78 Å². The molecule has 0 saturated carbocycles. The molecule has 194 valence electrons. The van der Waals surface area contributed by atoms with Crippen LogP contribution >= 0.6 is 0 Å². The van der Waals surface area contributed by atoms with Crippen molar-refractivity contribution in [2.45, 2.75) is 56.8 Å². The monoisotopic (exact) mass is 502 g/mol. The Balaban J connectivity index is 2.18. The second-order valence-electron chi connectivity index (χ2n) is 8.21. The lowest BCUT2D eigenvalue weighted by molar-refractivity contribution is -0.143. The van der Waals surface area contributed by atoms with Gasteiger partial charge in [-0.05, 0) is 18.9 Å². The van der Waals surface area contributed by atoms with Crippen LogP contribution < -0.4 is 21.7 Å². The predicted octanol–water partition coefficient (Wildman–Crippen LogP) is -1.05. The Morgan fingerprint density at radius 2 is 1.53 bits per heavy atom. The third kappa shape index (κ3) is 9.18. The number of aliphatic carboxylic acids is 2. The zero-order chi connectivity index (χ0) is 26.7. The van der Waals surface area contributed by atoms with Gasteiger partial charge in [-0.2, -0.15) is 0 Å². The van der Waals surface area contributed by atoms with Crippen molar-refractivity contribution in [3.8, 4) is 0 Å². The maximum Gasteiger partial charge on any atom is 0.326 e. The molecule has 13 nitrogen and oxygen atoms in total. The van der Waals surface area contributed by atoms with Gasteiger partial charge < -0.3 is 36.9 Å². The highest BCUT2D eigenvalue weighted by atomic mass is 16.4. The highest BCUT2D eigenvalue weighted by Crippen LogP contribution is 2.07. The number of aromatic nitrogens is 2. The van der Waals surface area contributed by atoms with E-state index in [2.05, 4.69) is 25.9 Å². The van der Waals surface area contributed by atoms with Crippen LogP contribution in [0.2, 0.25) is 0 Å². The Morgan fingerprint density at radius 1 is 0.917 bits per heavy atom. The van der Waals surface area contributed by atoms with Crippen molar-refractivity contribution < 1.29 is 34.2 Å². The summed E-state index contributed by atoms with van der Waals surface area (Å²) in [5.74, 6) is -4.77. The van der Waals surface area contributed by atoms with E-state index >= 15 is 0 Å². The minimum atomic E-state index is -1.37. The first-order valence-corrected chi connectivity index (χ1v) is 11.2. The molecule has 0 saturated heterocycles. The molecule has 1 heterocycles. The Morgan fingerprint density at radius 3 is 2.08 bits per heavy atom. The Bertz CT molecular complexity index is 1040. The highest BCUT2D eigenvalue weighted by molar-refractivity contribution is 5.94. The minimum absolute atomic E-state index is 0.0106. The van der Waals surface area contributed by atoms with E-state index in [4.69, 9.17) is 10.8 Å². The summed E-state index contributed by atoms with van der Waals surface area (Å²) in [5, 5.41) is 26.0. The summed E-state index contributed by atoms with van der Waals surface area (Å²) in [4.78, 5) is 67.7. The van der Waals surface area contributed by atoms with Gasteiger partial charge in [0, 0.05) is 31.2 Å². The number of carbonyl (C=O) groups is 5. The van der Waals surface area contributed by atoms with Crippen molar-refractivity contribution in [2.75, 3.05) is 0 Å². The van der Waals surface area contributed by atoms with Gasteiger partial charge in [0.25, 0.3) is 0 Å². The number of carboxylic acid groups (broad SMARTS) is 2. The van der Waals surface area contributed by atoms with Gasteiger partial charge in [-0.3, -0.25) is 19.2 Å². The number of amides is 3. The average Bonchev–Trinajstić information content (AvgIpc) is 3.34. The summed E-state index contributed by atoms with van der Waals surface area (Å²) >= 11 is 0. The van der Waals surface area contributed by atoms with E-state index in [1.807, 2.05) is 0 Å². The molecule has 0 aliphatic rings. The summed E-state index contributed by atoms with van der Waals surface area (Å²) in [6.07, 6.45) is 2.04. The van der Waals surface area contributed by atoms with Gasteiger partial charge in [-0.15, -0.1) is 0 Å². The number of rotatable bonds is 14. The summed E-state index contributed by atoms with van der Waals surface area (Å²) in [6, 6.07) is 3.85. The average molecular weight is 503 g/mol. The number of hydrogen-bond donors (Lipinski definition) is 7. The Hall–Kier alpha value is -4.26. The van der Waals surface area contributed by atoms with Crippen LogP contribution in [0.25, 0.3) is 0 Å². The molecule has 0 fully saturated rings. The van der Waals surface area contributed by atoms with E-state index in [0.717, 1.165) is 0 Å². The van der Waals surface area contributed by atoms with Crippen LogP contribution in [0.15, 0.2) is 42.9 Å². The van der Waals surface area contributed by atoms with Crippen molar-refractivity contribution >= 4 is 29.7 Å².